The highest BCUT2D eigenvalue weighted by molar-refractivity contribution is 7.80. The largest absolute Gasteiger partial charge is 0.432 e. The lowest BCUT2D eigenvalue weighted by molar-refractivity contribution is 0.577. The van der Waals surface area contributed by atoms with Crippen LogP contribution in [0.2, 0.25) is 0 Å². The van der Waals surface area contributed by atoms with Crippen LogP contribution in [0, 0.1) is 6.92 Å². The summed E-state index contributed by atoms with van der Waals surface area (Å²) in [7, 11) is 0. The number of hydrogen-bond donors (Lipinski definition) is 2. The monoisotopic (exact) mass is 185 g/mol. The van der Waals surface area contributed by atoms with Crippen molar-refractivity contribution in [3.8, 4) is 0 Å². The molecule has 0 unspecified atom stereocenters. The number of nitrogens with one attached hydrogen (secondary N) is 2. The first kappa shape index (κ1) is 8.99. The number of thiocarbonyl (C=S) groups is 1. The van der Waals surface area contributed by atoms with Gasteiger partial charge in [0.25, 0.3) is 0 Å². The molecule has 0 atom stereocenters. The zero-order chi connectivity index (χ0) is 8.97. The van der Waals surface area contributed by atoms with Crippen molar-refractivity contribution in [3.05, 3.63) is 12.0 Å². The number of rotatable bonds is 2. The molecule has 0 aliphatic carbocycles. The number of oxazole rings is 1. The molecule has 0 aliphatic heterocycles. The van der Waals surface area contributed by atoms with Crippen LogP contribution in [0.25, 0.3) is 0 Å². The molecule has 0 radical (unpaired) electrons. The van der Waals surface area contributed by atoms with E-state index in [1.165, 1.54) is 0 Å². The molecular formula is C7H11N3OS. The van der Waals surface area contributed by atoms with Crippen LogP contribution in [0.1, 0.15) is 12.6 Å². The summed E-state index contributed by atoms with van der Waals surface area (Å²) in [6.45, 7) is 4.60. The second-order valence-corrected chi connectivity index (χ2v) is 2.69. The van der Waals surface area contributed by atoms with Crippen molar-refractivity contribution in [3.63, 3.8) is 0 Å². The third-order valence-electron chi connectivity index (χ3n) is 1.18. The lowest BCUT2D eigenvalue weighted by atomic mass is 10.6. The Kier molecular flexibility index (Phi) is 3.04. The zero-order valence-electron chi connectivity index (χ0n) is 7.05. The Hall–Kier alpha value is -1.10. The highest BCUT2D eigenvalue weighted by Gasteiger charge is 2.00. The number of aryl methyl sites for hydroxylation is 1. The molecule has 1 aromatic heterocycles. The van der Waals surface area contributed by atoms with E-state index in [1.54, 1.807) is 6.26 Å². The van der Waals surface area contributed by atoms with Crippen LogP contribution < -0.4 is 10.6 Å². The van der Waals surface area contributed by atoms with Crippen molar-refractivity contribution < 1.29 is 4.42 Å². The Morgan fingerprint density at radius 2 is 2.50 bits per heavy atom. The molecule has 0 bridgehead atoms. The highest BCUT2D eigenvalue weighted by Crippen LogP contribution is 2.04. The topological polar surface area (TPSA) is 50.1 Å². The minimum absolute atomic E-state index is 0.429. The van der Waals surface area contributed by atoms with Gasteiger partial charge in [-0.3, -0.25) is 5.32 Å². The molecule has 0 saturated heterocycles. The summed E-state index contributed by atoms with van der Waals surface area (Å²) in [6.07, 6.45) is 1.57. The van der Waals surface area contributed by atoms with Gasteiger partial charge >= 0.3 is 6.01 Å². The maximum absolute atomic E-state index is 5.03. The summed E-state index contributed by atoms with van der Waals surface area (Å²) >= 11 is 4.92. The normalized spacial score (nSPS) is 9.50. The second kappa shape index (κ2) is 4.06. The summed E-state index contributed by atoms with van der Waals surface area (Å²) in [5.41, 5.74) is 0.830. The van der Waals surface area contributed by atoms with Gasteiger partial charge in [0.15, 0.2) is 5.11 Å². The molecule has 5 heteroatoms. The van der Waals surface area contributed by atoms with Gasteiger partial charge in [-0.1, -0.05) is 0 Å². The van der Waals surface area contributed by atoms with Crippen LogP contribution in [-0.2, 0) is 0 Å². The van der Waals surface area contributed by atoms with Gasteiger partial charge < -0.3 is 9.73 Å². The first-order valence-electron chi connectivity index (χ1n) is 3.69. The van der Waals surface area contributed by atoms with Gasteiger partial charge in [-0.05, 0) is 26.1 Å². The van der Waals surface area contributed by atoms with E-state index in [9.17, 15) is 0 Å². The van der Waals surface area contributed by atoms with Gasteiger partial charge in [-0.2, -0.15) is 4.98 Å². The fraction of sp³-hybridized carbons (Fsp3) is 0.429. The smallest absolute Gasteiger partial charge is 0.301 e. The molecule has 0 fully saturated rings. The van der Waals surface area contributed by atoms with E-state index in [-0.39, 0.29) is 0 Å². The predicted octanol–water partition coefficient (Wildman–Crippen LogP) is 1.29. The van der Waals surface area contributed by atoms with Gasteiger partial charge in [-0.15, -0.1) is 0 Å². The van der Waals surface area contributed by atoms with E-state index < -0.39 is 0 Å². The minimum atomic E-state index is 0.429. The summed E-state index contributed by atoms with van der Waals surface area (Å²) in [5.74, 6) is 0. The molecule has 0 amide bonds. The molecule has 0 spiro atoms. The molecule has 1 heterocycles. The van der Waals surface area contributed by atoms with Gasteiger partial charge in [0.1, 0.15) is 6.26 Å². The Morgan fingerprint density at radius 3 is 3.00 bits per heavy atom. The summed E-state index contributed by atoms with van der Waals surface area (Å²) < 4.78 is 5.03. The highest BCUT2D eigenvalue weighted by atomic mass is 32.1. The zero-order valence-corrected chi connectivity index (χ0v) is 7.86. The molecule has 1 rings (SSSR count). The number of nitrogens with zero attached hydrogens (tertiary/aromatic N) is 1. The van der Waals surface area contributed by atoms with Crippen molar-refractivity contribution in [1.29, 1.82) is 0 Å². The number of hydrogen-bond acceptors (Lipinski definition) is 3. The summed E-state index contributed by atoms with van der Waals surface area (Å²) in [6, 6.07) is 0.429. The fourth-order valence-corrected chi connectivity index (χ4v) is 0.945. The predicted molar refractivity (Wildman–Crippen MR) is 51.1 cm³/mol. The quantitative estimate of drug-likeness (QED) is 0.680. The molecule has 12 heavy (non-hydrogen) atoms. The molecule has 66 valence electrons. The molecule has 0 aliphatic rings. The van der Waals surface area contributed by atoms with Crippen molar-refractivity contribution in [2.75, 3.05) is 11.9 Å². The molecule has 4 nitrogen and oxygen atoms in total. The Labute approximate surface area is 76.4 Å². The number of aromatic nitrogens is 1. The third kappa shape index (κ3) is 2.50. The van der Waals surface area contributed by atoms with E-state index in [0.717, 1.165) is 12.2 Å². The van der Waals surface area contributed by atoms with Crippen LogP contribution >= 0.6 is 12.2 Å². The Morgan fingerprint density at radius 1 is 1.75 bits per heavy atom. The maximum Gasteiger partial charge on any atom is 0.301 e. The first-order valence-corrected chi connectivity index (χ1v) is 4.10. The van der Waals surface area contributed by atoms with Gasteiger partial charge in [0.2, 0.25) is 0 Å². The fourth-order valence-electron chi connectivity index (χ4n) is 0.713. The van der Waals surface area contributed by atoms with Gasteiger partial charge in [0, 0.05) is 6.54 Å². The Bertz CT molecular complexity index is 271. The molecule has 0 saturated carbocycles. The second-order valence-electron chi connectivity index (χ2n) is 2.28. The lowest BCUT2D eigenvalue weighted by Gasteiger charge is -2.03. The number of anilines is 1. The van der Waals surface area contributed by atoms with E-state index >= 15 is 0 Å². The standard InChI is InChI=1S/C7H11N3OS/c1-3-8-7(12)10-6-9-5(2)4-11-6/h4H,3H2,1-2H3,(H2,8,9,10,12). The average Bonchev–Trinajstić information content (AvgIpc) is 2.36. The van der Waals surface area contributed by atoms with E-state index in [1.807, 2.05) is 13.8 Å². The van der Waals surface area contributed by atoms with Crippen LogP contribution in [0.3, 0.4) is 0 Å². The van der Waals surface area contributed by atoms with E-state index in [0.29, 0.717) is 11.1 Å². The maximum atomic E-state index is 5.03. The van der Waals surface area contributed by atoms with Crippen LogP contribution in [0.15, 0.2) is 10.7 Å². The molecule has 2 N–H and O–H groups in total. The molecule has 0 aromatic carbocycles. The van der Waals surface area contributed by atoms with E-state index in [4.69, 9.17) is 16.6 Å². The molecule has 1 aromatic rings. The minimum Gasteiger partial charge on any atom is -0.432 e. The van der Waals surface area contributed by atoms with Crippen molar-refractivity contribution >= 4 is 23.3 Å². The van der Waals surface area contributed by atoms with Crippen molar-refractivity contribution in [2.24, 2.45) is 0 Å². The first-order chi connectivity index (χ1) is 5.72. The lowest BCUT2D eigenvalue weighted by Crippen LogP contribution is -2.27. The van der Waals surface area contributed by atoms with Crippen LogP contribution in [0.5, 0.6) is 0 Å². The molecular weight excluding hydrogens is 174 g/mol. The van der Waals surface area contributed by atoms with Crippen molar-refractivity contribution in [2.45, 2.75) is 13.8 Å². The van der Waals surface area contributed by atoms with Gasteiger partial charge in [0.05, 0.1) is 5.69 Å². The summed E-state index contributed by atoms with van der Waals surface area (Å²) in [5, 5.41) is 6.26. The summed E-state index contributed by atoms with van der Waals surface area (Å²) in [4.78, 5) is 4.03. The van der Waals surface area contributed by atoms with Gasteiger partial charge in [-0.25, -0.2) is 0 Å². The Balaban J connectivity index is 2.46. The average molecular weight is 185 g/mol. The van der Waals surface area contributed by atoms with Crippen LogP contribution in [0.4, 0.5) is 6.01 Å². The van der Waals surface area contributed by atoms with Crippen molar-refractivity contribution in [1.82, 2.24) is 10.3 Å². The third-order valence-corrected chi connectivity index (χ3v) is 1.42. The van der Waals surface area contributed by atoms with Crippen LogP contribution in [-0.4, -0.2) is 16.6 Å². The van der Waals surface area contributed by atoms with E-state index in [2.05, 4.69) is 15.6 Å². The SMILES string of the molecule is CCNC(=S)Nc1nc(C)co1.